The number of rotatable bonds is 5. The van der Waals surface area contributed by atoms with E-state index < -0.39 is 0 Å². The molecule has 0 aliphatic heterocycles. The van der Waals surface area contributed by atoms with Gasteiger partial charge in [0.1, 0.15) is 21.4 Å². The van der Waals surface area contributed by atoms with Crippen molar-refractivity contribution in [1.29, 1.82) is 0 Å². The van der Waals surface area contributed by atoms with Crippen LogP contribution in [0.1, 0.15) is 26.5 Å². The number of amides is 1. The average molecular weight is 416 g/mol. The van der Waals surface area contributed by atoms with Gasteiger partial charge < -0.3 is 9.84 Å². The Balaban J connectivity index is 1.78. The molecule has 28 heavy (non-hydrogen) atoms. The number of thiazole rings is 1. The molecule has 6 nitrogen and oxygen atoms in total. The SMILES string of the molecule is COc1cc(Cl)ccc1-c1nc(C)c(C(=O)N/N=C/c2ccc(O)c(C)c2)s1. The molecule has 0 saturated heterocycles. The van der Waals surface area contributed by atoms with Crippen LogP contribution in [-0.4, -0.2) is 29.3 Å². The molecule has 0 spiro atoms. The highest BCUT2D eigenvalue weighted by atomic mass is 35.5. The monoisotopic (exact) mass is 415 g/mol. The molecule has 0 saturated carbocycles. The Bertz CT molecular complexity index is 1060. The van der Waals surface area contributed by atoms with E-state index in [4.69, 9.17) is 16.3 Å². The number of aromatic hydroxyl groups is 1. The Morgan fingerprint density at radius 2 is 2.07 bits per heavy atom. The van der Waals surface area contributed by atoms with Crippen LogP contribution in [-0.2, 0) is 0 Å². The number of aryl methyl sites for hydroxylation is 2. The number of phenolic OH excluding ortho intramolecular Hbond substituents is 1. The Kier molecular flexibility index (Phi) is 5.96. The summed E-state index contributed by atoms with van der Waals surface area (Å²) in [6.07, 6.45) is 1.52. The number of nitrogens with one attached hydrogen (secondary N) is 1. The Labute approximate surface area is 171 Å². The number of aromatic nitrogens is 1. The summed E-state index contributed by atoms with van der Waals surface area (Å²) in [4.78, 5) is 17.4. The maximum absolute atomic E-state index is 12.5. The van der Waals surface area contributed by atoms with E-state index in [9.17, 15) is 9.90 Å². The van der Waals surface area contributed by atoms with Gasteiger partial charge in [0.15, 0.2) is 0 Å². The summed E-state index contributed by atoms with van der Waals surface area (Å²) in [7, 11) is 1.56. The van der Waals surface area contributed by atoms with Crippen molar-refractivity contribution < 1.29 is 14.6 Å². The van der Waals surface area contributed by atoms with Gasteiger partial charge in [-0.3, -0.25) is 4.79 Å². The first-order valence-electron chi connectivity index (χ1n) is 8.33. The van der Waals surface area contributed by atoms with Crippen LogP contribution in [0, 0.1) is 13.8 Å². The molecule has 3 aromatic rings. The van der Waals surface area contributed by atoms with Crippen LogP contribution in [0.5, 0.6) is 11.5 Å². The van der Waals surface area contributed by atoms with E-state index in [-0.39, 0.29) is 11.7 Å². The van der Waals surface area contributed by atoms with Gasteiger partial charge in [0.2, 0.25) is 0 Å². The quantitative estimate of drug-likeness (QED) is 0.472. The first-order chi connectivity index (χ1) is 13.4. The van der Waals surface area contributed by atoms with Crippen LogP contribution < -0.4 is 10.2 Å². The molecule has 0 aliphatic rings. The lowest BCUT2D eigenvalue weighted by molar-refractivity contribution is 0.0958. The molecule has 8 heteroatoms. The van der Waals surface area contributed by atoms with E-state index in [1.54, 1.807) is 51.3 Å². The molecule has 144 valence electrons. The zero-order valence-corrected chi connectivity index (χ0v) is 17.1. The fraction of sp³-hybridized carbons (Fsp3) is 0.150. The molecular formula is C20H18ClN3O3S. The number of carbonyl (C=O) groups excluding carboxylic acids is 1. The smallest absolute Gasteiger partial charge is 0.283 e. The zero-order chi connectivity index (χ0) is 20.3. The highest BCUT2D eigenvalue weighted by Crippen LogP contribution is 2.36. The minimum absolute atomic E-state index is 0.214. The Hall–Kier alpha value is -2.90. The maximum atomic E-state index is 12.5. The van der Waals surface area contributed by atoms with E-state index in [2.05, 4.69) is 15.5 Å². The topological polar surface area (TPSA) is 83.8 Å². The van der Waals surface area contributed by atoms with Gasteiger partial charge in [0.05, 0.1) is 24.6 Å². The molecule has 0 aliphatic carbocycles. The second-order valence-electron chi connectivity index (χ2n) is 6.02. The molecule has 2 N–H and O–H groups in total. The molecule has 0 radical (unpaired) electrons. The fourth-order valence-corrected chi connectivity index (χ4v) is 3.69. The number of nitrogens with zero attached hydrogens (tertiary/aromatic N) is 2. The van der Waals surface area contributed by atoms with Crippen molar-refractivity contribution in [2.24, 2.45) is 5.10 Å². The zero-order valence-electron chi connectivity index (χ0n) is 15.5. The fourth-order valence-electron chi connectivity index (χ4n) is 2.54. The van der Waals surface area contributed by atoms with Crippen molar-refractivity contribution in [3.05, 3.63) is 63.1 Å². The number of methoxy groups -OCH3 is 1. The van der Waals surface area contributed by atoms with Crippen molar-refractivity contribution in [3.8, 4) is 22.1 Å². The number of benzene rings is 2. The lowest BCUT2D eigenvalue weighted by Crippen LogP contribution is -2.17. The molecule has 1 heterocycles. The van der Waals surface area contributed by atoms with Crippen molar-refractivity contribution >= 4 is 35.1 Å². The predicted molar refractivity (Wildman–Crippen MR) is 112 cm³/mol. The van der Waals surface area contributed by atoms with Crippen LogP contribution >= 0.6 is 22.9 Å². The number of halogens is 1. The normalized spacial score (nSPS) is 11.0. The minimum atomic E-state index is -0.346. The van der Waals surface area contributed by atoms with Crippen LogP contribution in [0.2, 0.25) is 5.02 Å². The van der Waals surface area contributed by atoms with Gasteiger partial charge in [-0.2, -0.15) is 5.10 Å². The number of hydrogen-bond donors (Lipinski definition) is 2. The number of phenols is 1. The Morgan fingerprint density at radius 1 is 1.29 bits per heavy atom. The second-order valence-corrected chi connectivity index (χ2v) is 7.46. The van der Waals surface area contributed by atoms with E-state index in [1.165, 1.54) is 17.6 Å². The third-order valence-corrected chi connectivity index (χ3v) is 5.42. The Morgan fingerprint density at radius 3 is 2.79 bits per heavy atom. The third kappa shape index (κ3) is 4.32. The van der Waals surface area contributed by atoms with Crippen LogP contribution in [0.25, 0.3) is 10.6 Å². The van der Waals surface area contributed by atoms with Gasteiger partial charge in [-0.05, 0) is 61.4 Å². The summed E-state index contributed by atoms with van der Waals surface area (Å²) >= 11 is 7.26. The van der Waals surface area contributed by atoms with Gasteiger partial charge in [-0.15, -0.1) is 11.3 Å². The molecule has 0 atom stereocenters. The highest BCUT2D eigenvalue weighted by molar-refractivity contribution is 7.17. The highest BCUT2D eigenvalue weighted by Gasteiger charge is 2.18. The first-order valence-corrected chi connectivity index (χ1v) is 9.53. The summed E-state index contributed by atoms with van der Waals surface area (Å²) < 4.78 is 5.36. The number of hydrazone groups is 1. The van der Waals surface area contributed by atoms with E-state index in [0.29, 0.717) is 26.4 Å². The molecule has 2 aromatic carbocycles. The lowest BCUT2D eigenvalue weighted by atomic mass is 10.1. The van der Waals surface area contributed by atoms with Gasteiger partial charge in [0, 0.05) is 5.02 Å². The van der Waals surface area contributed by atoms with Crippen molar-refractivity contribution in [1.82, 2.24) is 10.4 Å². The third-order valence-electron chi connectivity index (χ3n) is 4.00. The molecule has 0 unspecified atom stereocenters. The van der Waals surface area contributed by atoms with Crippen molar-refractivity contribution in [3.63, 3.8) is 0 Å². The maximum Gasteiger partial charge on any atom is 0.283 e. The molecule has 1 amide bonds. The predicted octanol–water partition coefficient (Wildman–Crippen LogP) is 4.56. The number of hydrogen-bond acceptors (Lipinski definition) is 6. The van der Waals surface area contributed by atoms with Gasteiger partial charge >= 0.3 is 0 Å². The summed E-state index contributed by atoms with van der Waals surface area (Å²) in [6.45, 7) is 3.56. The summed E-state index contributed by atoms with van der Waals surface area (Å²) in [5.74, 6) is 0.460. The molecule has 0 fully saturated rings. The number of carbonyl (C=O) groups is 1. The van der Waals surface area contributed by atoms with Crippen molar-refractivity contribution in [2.75, 3.05) is 7.11 Å². The van der Waals surface area contributed by atoms with Crippen molar-refractivity contribution in [2.45, 2.75) is 13.8 Å². The van der Waals surface area contributed by atoms with E-state index in [1.807, 2.05) is 6.07 Å². The molecule has 1 aromatic heterocycles. The van der Waals surface area contributed by atoms with Crippen LogP contribution in [0.4, 0.5) is 0 Å². The molecular weight excluding hydrogens is 398 g/mol. The summed E-state index contributed by atoms with van der Waals surface area (Å²) in [5.41, 5.74) is 5.38. The number of ether oxygens (including phenoxy) is 1. The van der Waals surface area contributed by atoms with E-state index in [0.717, 1.165) is 16.7 Å². The van der Waals surface area contributed by atoms with Gasteiger partial charge in [0.25, 0.3) is 5.91 Å². The van der Waals surface area contributed by atoms with Gasteiger partial charge in [-0.25, -0.2) is 10.4 Å². The summed E-state index contributed by atoms with van der Waals surface area (Å²) in [5, 5.41) is 14.8. The minimum Gasteiger partial charge on any atom is -0.508 e. The largest absolute Gasteiger partial charge is 0.508 e. The lowest BCUT2D eigenvalue weighted by Gasteiger charge is -2.05. The standard InChI is InChI=1S/C20H18ClN3O3S/c1-11-8-13(4-7-16(11)25)10-22-24-19(26)18-12(2)23-20(28-18)15-6-5-14(21)9-17(15)27-3/h4-10,25H,1-3H3,(H,24,26)/b22-10+. The molecule has 3 rings (SSSR count). The van der Waals surface area contributed by atoms with Crippen LogP contribution in [0.3, 0.4) is 0 Å². The van der Waals surface area contributed by atoms with Crippen LogP contribution in [0.15, 0.2) is 41.5 Å². The average Bonchev–Trinajstić information content (AvgIpc) is 3.06. The first kappa shape index (κ1) is 19.9. The van der Waals surface area contributed by atoms with Gasteiger partial charge in [-0.1, -0.05) is 11.6 Å². The molecule has 0 bridgehead atoms. The van der Waals surface area contributed by atoms with E-state index >= 15 is 0 Å². The second kappa shape index (κ2) is 8.41. The summed E-state index contributed by atoms with van der Waals surface area (Å²) in [6, 6.07) is 10.3.